The highest BCUT2D eigenvalue weighted by Gasteiger charge is 2.45. The van der Waals surface area contributed by atoms with Crippen LogP contribution in [-0.4, -0.2) is 29.8 Å². The van der Waals surface area contributed by atoms with Gasteiger partial charge in [-0.1, -0.05) is 11.3 Å². The monoisotopic (exact) mass is 253 g/mol. The molecule has 1 aliphatic heterocycles. The van der Waals surface area contributed by atoms with E-state index in [1.54, 1.807) is 6.20 Å². The highest BCUT2D eigenvalue weighted by Crippen LogP contribution is 2.30. The molecule has 4 nitrogen and oxygen atoms in total. The molecule has 0 atom stereocenters. The van der Waals surface area contributed by atoms with Crippen molar-refractivity contribution < 1.29 is 9.53 Å². The second kappa shape index (κ2) is 4.23. The van der Waals surface area contributed by atoms with Crippen molar-refractivity contribution in [3.05, 3.63) is 23.7 Å². The molecule has 0 saturated carbocycles. The Hall–Kier alpha value is -1.20. The fourth-order valence-electron chi connectivity index (χ4n) is 1.74. The van der Waals surface area contributed by atoms with Crippen LogP contribution in [0.2, 0.25) is 0 Å². The number of hydrogen-bond acceptors (Lipinski definition) is 4. The van der Waals surface area contributed by atoms with E-state index in [2.05, 4.69) is 4.98 Å². The standard InChI is InChI=1S/C12H17N2O2S/c1-12(2,3)16-11(15)14(7-4-5-8-14)10-13-6-9-17-10/h4-6,9H,7-8H2,1-3H3/q+1. The smallest absolute Gasteiger partial charge is 0.414 e. The summed E-state index contributed by atoms with van der Waals surface area (Å²) in [4.78, 5) is 16.6. The van der Waals surface area contributed by atoms with Crippen LogP contribution >= 0.6 is 11.3 Å². The van der Waals surface area contributed by atoms with Crippen LogP contribution in [0, 0.1) is 0 Å². The van der Waals surface area contributed by atoms with E-state index in [4.69, 9.17) is 4.74 Å². The summed E-state index contributed by atoms with van der Waals surface area (Å²) in [7, 11) is 0. The minimum Gasteiger partial charge on any atom is -0.414 e. The highest BCUT2D eigenvalue weighted by molar-refractivity contribution is 7.13. The molecule has 17 heavy (non-hydrogen) atoms. The van der Waals surface area contributed by atoms with Crippen LogP contribution in [0.3, 0.4) is 0 Å². The molecule has 0 aromatic carbocycles. The SMILES string of the molecule is CC(C)(C)OC(=O)[N+]1(c2nccs2)CC=CC1. The molecule has 0 saturated heterocycles. The highest BCUT2D eigenvalue weighted by atomic mass is 32.1. The quantitative estimate of drug-likeness (QED) is 0.570. The number of amides is 1. The molecule has 0 fully saturated rings. The zero-order valence-electron chi connectivity index (χ0n) is 10.3. The summed E-state index contributed by atoms with van der Waals surface area (Å²) in [5.74, 6) is 0. The number of nitrogens with zero attached hydrogens (tertiary/aromatic N) is 2. The van der Waals surface area contributed by atoms with Gasteiger partial charge in [-0.05, 0) is 32.9 Å². The van der Waals surface area contributed by atoms with Gasteiger partial charge < -0.3 is 4.74 Å². The van der Waals surface area contributed by atoms with Gasteiger partial charge >= 0.3 is 6.09 Å². The van der Waals surface area contributed by atoms with Crippen LogP contribution in [0.25, 0.3) is 0 Å². The summed E-state index contributed by atoms with van der Waals surface area (Å²) < 4.78 is 5.67. The van der Waals surface area contributed by atoms with Gasteiger partial charge in [0.1, 0.15) is 18.7 Å². The molecular weight excluding hydrogens is 236 g/mol. The van der Waals surface area contributed by atoms with Crippen molar-refractivity contribution >= 4 is 22.6 Å². The van der Waals surface area contributed by atoms with Gasteiger partial charge in [0.15, 0.2) is 0 Å². The summed E-state index contributed by atoms with van der Waals surface area (Å²) in [6.07, 6.45) is 5.51. The van der Waals surface area contributed by atoms with E-state index in [1.807, 2.05) is 38.3 Å². The molecule has 0 spiro atoms. The number of rotatable bonds is 1. The Kier molecular flexibility index (Phi) is 3.05. The first-order valence-electron chi connectivity index (χ1n) is 5.60. The Labute approximate surface area is 105 Å². The summed E-state index contributed by atoms with van der Waals surface area (Å²) in [6, 6.07) is 0. The Bertz CT molecular complexity index is 424. The van der Waals surface area contributed by atoms with Gasteiger partial charge in [0, 0.05) is 11.6 Å². The number of aromatic nitrogens is 1. The van der Waals surface area contributed by atoms with Crippen molar-refractivity contribution in [1.29, 1.82) is 0 Å². The predicted octanol–water partition coefficient (Wildman–Crippen LogP) is 2.96. The van der Waals surface area contributed by atoms with Gasteiger partial charge in [-0.3, -0.25) is 0 Å². The number of quaternary nitrogens is 1. The van der Waals surface area contributed by atoms with E-state index in [-0.39, 0.29) is 10.6 Å². The lowest BCUT2D eigenvalue weighted by atomic mass is 10.2. The molecule has 5 heteroatoms. The number of carbonyl (C=O) groups is 1. The molecule has 2 heterocycles. The van der Waals surface area contributed by atoms with Crippen LogP contribution in [0.15, 0.2) is 23.7 Å². The zero-order chi connectivity index (χ0) is 12.5. The van der Waals surface area contributed by atoms with Crippen molar-refractivity contribution in [2.24, 2.45) is 0 Å². The lowest BCUT2D eigenvalue weighted by molar-refractivity contribution is 0.0313. The molecule has 1 aromatic heterocycles. The normalized spacial score (nSPS) is 18.3. The average Bonchev–Trinajstić information content (AvgIpc) is 2.87. The summed E-state index contributed by atoms with van der Waals surface area (Å²) in [5.41, 5.74) is -0.470. The number of thiazole rings is 1. The molecule has 0 radical (unpaired) electrons. The van der Waals surface area contributed by atoms with Gasteiger partial charge in [-0.25, -0.2) is 0 Å². The van der Waals surface area contributed by atoms with Crippen LogP contribution in [-0.2, 0) is 4.74 Å². The van der Waals surface area contributed by atoms with Crippen LogP contribution < -0.4 is 4.48 Å². The van der Waals surface area contributed by atoms with Gasteiger partial charge in [-0.2, -0.15) is 14.3 Å². The van der Waals surface area contributed by atoms with E-state index >= 15 is 0 Å². The van der Waals surface area contributed by atoms with Crippen molar-refractivity contribution in [3.63, 3.8) is 0 Å². The summed E-state index contributed by atoms with van der Waals surface area (Å²) in [5, 5.41) is 2.68. The molecule has 1 amide bonds. The second-order valence-corrected chi connectivity index (χ2v) is 5.97. The van der Waals surface area contributed by atoms with Gasteiger partial charge in [0.25, 0.3) is 5.13 Å². The third kappa shape index (κ3) is 2.40. The molecular formula is C12H17N2O2S+. The Morgan fingerprint density at radius 2 is 2.06 bits per heavy atom. The topological polar surface area (TPSA) is 39.2 Å². The maximum Gasteiger partial charge on any atom is 0.524 e. The Morgan fingerprint density at radius 1 is 1.41 bits per heavy atom. The van der Waals surface area contributed by atoms with Crippen LogP contribution in [0.1, 0.15) is 20.8 Å². The van der Waals surface area contributed by atoms with Crippen molar-refractivity contribution in [1.82, 2.24) is 9.47 Å². The van der Waals surface area contributed by atoms with Crippen molar-refractivity contribution in [2.75, 3.05) is 13.1 Å². The number of carbonyl (C=O) groups excluding carboxylic acids is 1. The first-order chi connectivity index (χ1) is 7.94. The molecule has 0 aliphatic carbocycles. The Morgan fingerprint density at radius 3 is 2.53 bits per heavy atom. The first-order valence-corrected chi connectivity index (χ1v) is 6.48. The van der Waals surface area contributed by atoms with Crippen molar-refractivity contribution in [2.45, 2.75) is 26.4 Å². The minimum atomic E-state index is -0.470. The number of ether oxygens (including phenoxy) is 1. The van der Waals surface area contributed by atoms with Gasteiger partial charge in [0.05, 0.1) is 0 Å². The molecule has 2 rings (SSSR count). The maximum absolute atomic E-state index is 12.4. The minimum absolute atomic E-state index is 0.162. The molecule has 1 aliphatic rings. The van der Waals surface area contributed by atoms with Crippen LogP contribution in [0.4, 0.5) is 9.93 Å². The van der Waals surface area contributed by atoms with E-state index < -0.39 is 5.60 Å². The van der Waals surface area contributed by atoms with Gasteiger partial charge in [0.2, 0.25) is 0 Å². The zero-order valence-corrected chi connectivity index (χ0v) is 11.2. The van der Waals surface area contributed by atoms with Crippen molar-refractivity contribution in [3.8, 4) is 0 Å². The predicted molar refractivity (Wildman–Crippen MR) is 69.0 cm³/mol. The second-order valence-electron chi connectivity index (χ2n) is 5.10. The Balaban J connectivity index is 2.27. The van der Waals surface area contributed by atoms with Crippen LogP contribution in [0.5, 0.6) is 0 Å². The largest absolute Gasteiger partial charge is 0.524 e. The van der Waals surface area contributed by atoms with E-state index in [0.717, 1.165) is 5.13 Å². The lowest BCUT2D eigenvalue weighted by Crippen LogP contribution is -2.54. The summed E-state index contributed by atoms with van der Waals surface area (Å²) in [6.45, 7) is 6.90. The third-order valence-corrected chi connectivity index (χ3v) is 3.45. The molecule has 0 N–H and O–H groups in total. The third-order valence-electron chi connectivity index (χ3n) is 2.53. The maximum atomic E-state index is 12.4. The summed E-state index contributed by atoms with van der Waals surface area (Å²) >= 11 is 1.49. The van der Waals surface area contributed by atoms with E-state index in [1.165, 1.54) is 11.3 Å². The van der Waals surface area contributed by atoms with Gasteiger partial charge in [-0.15, -0.1) is 0 Å². The molecule has 1 aromatic rings. The molecule has 0 bridgehead atoms. The fourth-order valence-corrected chi connectivity index (χ4v) is 2.53. The average molecular weight is 253 g/mol. The lowest BCUT2D eigenvalue weighted by Gasteiger charge is -2.29. The molecule has 0 unspecified atom stereocenters. The first kappa shape index (κ1) is 12.3. The number of hydrogen-bond donors (Lipinski definition) is 0. The molecule has 92 valence electrons. The van der Waals surface area contributed by atoms with E-state index in [0.29, 0.717) is 13.1 Å². The fraction of sp³-hybridized carbons (Fsp3) is 0.500. The van der Waals surface area contributed by atoms with E-state index in [9.17, 15) is 4.79 Å².